The van der Waals surface area contributed by atoms with Gasteiger partial charge in [-0.15, -0.1) is 0 Å². The van der Waals surface area contributed by atoms with Gasteiger partial charge < -0.3 is 24.8 Å². The number of esters is 2. The summed E-state index contributed by atoms with van der Waals surface area (Å²) in [5.74, 6) is -1.48. The maximum Gasteiger partial charge on any atom is 0.344 e. The molecule has 0 aliphatic carbocycles. The lowest BCUT2D eigenvalue weighted by atomic mass is 9.81. The van der Waals surface area contributed by atoms with Crippen LogP contribution in [0.2, 0.25) is 0 Å². The Morgan fingerprint density at radius 2 is 2.04 bits per heavy atom. The summed E-state index contributed by atoms with van der Waals surface area (Å²) in [5, 5.41) is 30.5. The number of rotatable bonds is 7. The number of carbonyl (C=O) groups excluding carboxylic acids is 2. The van der Waals surface area contributed by atoms with Crippen LogP contribution in [0.15, 0.2) is 23.3 Å². The van der Waals surface area contributed by atoms with Crippen LogP contribution < -0.4 is 0 Å². The summed E-state index contributed by atoms with van der Waals surface area (Å²) < 4.78 is 10.9. The zero-order valence-electron chi connectivity index (χ0n) is 17.1. The lowest BCUT2D eigenvalue weighted by molar-refractivity contribution is -0.213. The van der Waals surface area contributed by atoms with E-state index in [1.165, 1.54) is 20.8 Å². The van der Waals surface area contributed by atoms with Crippen molar-refractivity contribution in [2.75, 3.05) is 19.7 Å². The molecule has 2 rings (SSSR count). The van der Waals surface area contributed by atoms with Crippen molar-refractivity contribution in [2.45, 2.75) is 70.5 Å². The second-order valence-corrected chi connectivity index (χ2v) is 8.00. The highest BCUT2D eigenvalue weighted by atomic mass is 16.6. The van der Waals surface area contributed by atoms with Gasteiger partial charge in [-0.05, 0) is 46.6 Å². The molecule has 0 aromatic carbocycles. The fourth-order valence-electron chi connectivity index (χ4n) is 3.66. The maximum atomic E-state index is 12.5. The molecule has 0 unspecified atom stereocenters. The Morgan fingerprint density at radius 3 is 2.57 bits per heavy atom. The van der Waals surface area contributed by atoms with E-state index < -0.39 is 23.3 Å². The molecule has 0 amide bonds. The minimum Gasteiger partial charge on any atom is -0.459 e. The molecule has 1 fully saturated rings. The van der Waals surface area contributed by atoms with Crippen LogP contribution in [-0.4, -0.2) is 81.3 Å². The third-order valence-electron chi connectivity index (χ3n) is 5.65. The summed E-state index contributed by atoms with van der Waals surface area (Å²) in [5.41, 5.74) is -3.06. The minimum atomic E-state index is -2.46. The van der Waals surface area contributed by atoms with Gasteiger partial charge in [0.1, 0.15) is 18.3 Å². The average Bonchev–Trinajstić information content (AvgIpc) is 3.20. The van der Waals surface area contributed by atoms with Gasteiger partial charge in [0.05, 0.1) is 12.1 Å². The standard InChI is InChI=1S/C20H31NO7/c1-6-12(2)17(23)28-15-8-10-21-9-7-14(16(15)21)11-27-18(24)20(26,13(3)22)19(4,5)25/h6-7,13,15-16,22,25-26H,8-11H2,1-5H3/t13-,15+,16+,20-/m0/s1. The number of carbonyl (C=O) groups is 2. The van der Waals surface area contributed by atoms with Crippen molar-refractivity contribution in [1.29, 1.82) is 0 Å². The monoisotopic (exact) mass is 397 g/mol. The molecule has 1 saturated heterocycles. The molecular formula is C20H31NO7. The predicted octanol–water partition coefficient (Wildman–Crippen LogP) is 0.305. The molecular weight excluding hydrogens is 366 g/mol. The van der Waals surface area contributed by atoms with E-state index in [0.717, 1.165) is 12.1 Å². The molecule has 0 aromatic rings. The molecule has 8 heteroatoms. The van der Waals surface area contributed by atoms with Crippen LogP contribution in [0.25, 0.3) is 0 Å². The van der Waals surface area contributed by atoms with Gasteiger partial charge in [-0.2, -0.15) is 0 Å². The number of ether oxygens (including phenoxy) is 2. The van der Waals surface area contributed by atoms with E-state index in [1.54, 1.807) is 19.9 Å². The zero-order valence-corrected chi connectivity index (χ0v) is 17.1. The Balaban J connectivity index is 2.06. The second kappa shape index (κ2) is 8.32. The number of nitrogens with zero attached hydrogens (tertiary/aromatic N) is 1. The molecule has 2 heterocycles. The van der Waals surface area contributed by atoms with Crippen molar-refractivity contribution in [3.63, 3.8) is 0 Å². The average molecular weight is 397 g/mol. The second-order valence-electron chi connectivity index (χ2n) is 8.00. The first-order valence-corrected chi connectivity index (χ1v) is 9.50. The summed E-state index contributed by atoms with van der Waals surface area (Å²) >= 11 is 0. The fourth-order valence-corrected chi connectivity index (χ4v) is 3.66. The van der Waals surface area contributed by atoms with Crippen LogP contribution in [0.3, 0.4) is 0 Å². The highest BCUT2D eigenvalue weighted by molar-refractivity contribution is 5.87. The van der Waals surface area contributed by atoms with Gasteiger partial charge in [0, 0.05) is 18.7 Å². The third kappa shape index (κ3) is 4.15. The lowest BCUT2D eigenvalue weighted by Crippen LogP contribution is -2.63. The molecule has 158 valence electrons. The molecule has 0 saturated carbocycles. The van der Waals surface area contributed by atoms with Crippen molar-refractivity contribution < 1.29 is 34.4 Å². The van der Waals surface area contributed by atoms with Gasteiger partial charge in [-0.25, -0.2) is 9.59 Å². The summed E-state index contributed by atoms with van der Waals surface area (Å²) in [4.78, 5) is 26.7. The highest BCUT2D eigenvalue weighted by Gasteiger charge is 2.54. The number of aliphatic hydroxyl groups is 3. The molecule has 3 N–H and O–H groups in total. The number of hydrogen-bond acceptors (Lipinski definition) is 8. The van der Waals surface area contributed by atoms with Crippen LogP contribution >= 0.6 is 0 Å². The van der Waals surface area contributed by atoms with Crippen molar-refractivity contribution in [1.82, 2.24) is 4.90 Å². The van der Waals surface area contributed by atoms with Crippen LogP contribution in [0.1, 0.15) is 41.0 Å². The number of aliphatic hydroxyl groups excluding tert-OH is 1. The van der Waals surface area contributed by atoms with E-state index >= 15 is 0 Å². The largest absolute Gasteiger partial charge is 0.459 e. The van der Waals surface area contributed by atoms with Crippen molar-refractivity contribution >= 4 is 11.9 Å². The normalized spacial score (nSPS) is 26.3. The molecule has 2 aliphatic rings. The van der Waals surface area contributed by atoms with E-state index in [4.69, 9.17) is 9.47 Å². The van der Waals surface area contributed by atoms with Gasteiger partial charge in [-0.3, -0.25) is 4.90 Å². The topological polar surface area (TPSA) is 117 Å². The Morgan fingerprint density at radius 1 is 1.39 bits per heavy atom. The SMILES string of the molecule is CC=C(C)C(=O)O[C@@H]1CCN2CC=C(COC(=O)[C@@](O)([C@H](C)O)C(C)(C)O)[C@H]12. The molecule has 0 aromatic heterocycles. The van der Waals surface area contributed by atoms with E-state index in [2.05, 4.69) is 4.90 Å². The van der Waals surface area contributed by atoms with Gasteiger partial charge in [0.2, 0.25) is 5.60 Å². The summed E-state index contributed by atoms with van der Waals surface area (Å²) in [6.07, 6.45) is 2.40. The van der Waals surface area contributed by atoms with E-state index in [1.807, 2.05) is 6.08 Å². The quantitative estimate of drug-likeness (QED) is 0.319. The fraction of sp³-hybridized carbons (Fsp3) is 0.700. The van der Waals surface area contributed by atoms with Crippen LogP contribution in [0.4, 0.5) is 0 Å². The zero-order chi connectivity index (χ0) is 21.3. The lowest BCUT2D eigenvalue weighted by Gasteiger charge is -2.38. The van der Waals surface area contributed by atoms with Crippen LogP contribution in [0.5, 0.6) is 0 Å². The summed E-state index contributed by atoms with van der Waals surface area (Å²) in [6.45, 7) is 8.42. The Hall–Kier alpha value is -1.74. The molecule has 0 radical (unpaired) electrons. The molecule has 28 heavy (non-hydrogen) atoms. The smallest absolute Gasteiger partial charge is 0.344 e. The van der Waals surface area contributed by atoms with E-state index in [9.17, 15) is 24.9 Å². The van der Waals surface area contributed by atoms with Crippen molar-refractivity contribution in [3.8, 4) is 0 Å². The predicted molar refractivity (Wildman–Crippen MR) is 101 cm³/mol. The first kappa shape index (κ1) is 22.5. The summed E-state index contributed by atoms with van der Waals surface area (Å²) in [7, 11) is 0. The third-order valence-corrected chi connectivity index (χ3v) is 5.65. The molecule has 4 atom stereocenters. The van der Waals surface area contributed by atoms with Crippen LogP contribution in [0, 0.1) is 0 Å². The van der Waals surface area contributed by atoms with Gasteiger partial charge in [0.25, 0.3) is 0 Å². The Bertz CT molecular complexity index is 677. The molecule has 8 nitrogen and oxygen atoms in total. The number of fused-ring (bicyclic) bond motifs is 1. The van der Waals surface area contributed by atoms with Gasteiger partial charge in [-0.1, -0.05) is 12.2 Å². The number of hydrogen-bond donors (Lipinski definition) is 3. The van der Waals surface area contributed by atoms with Crippen LogP contribution in [-0.2, 0) is 19.1 Å². The Kier molecular flexibility index (Phi) is 6.70. The first-order chi connectivity index (χ1) is 12.9. The van der Waals surface area contributed by atoms with E-state index in [-0.39, 0.29) is 24.7 Å². The summed E-state index contributed by atoms with van der Waals surface area (Å²) in [6, 6.07) is -0.191. The molecule has 0 bridgehead atoms. The first-order valence-electron chi connectivity index (χ1n) is 9.50. The van der Waals surface area contributed by atoms with Crippen molar-refractivity contribution in [3.05, 3.63) is 23.3 Å². The maximum absolute atomic E-state index is 12.5. The molecule has 2 aliphatic heterocycles. The Labute approximate surface area is 165 Å². The van der Waals surface area contributed by atoms with E-state index in [0.29, 0.717) is 18.5 Å². The van der Waals surface area contributed by atoms with Gasteiger partial charge >= 0.3 is 11.9 Å². The highest BCUT2D eigenvalue weighted by Crippen LogP contribution is 2.33. The van der Waals surface area contributed by atoms with Gasteiger partial charge in [0.15, 0.2) is 0 Å². The minimum absolute atomic E-state index is 0.123. The van der Waals surface area contributed by atoms with Crippen molar-refractivity contribution in [2.24, 2.45) is 0 Å². The molecule has 0 spiro atoms. The number of allylic oxidation sites excluding steroid dienone is 1.